The van der Waals surface area contributed by atoms with Gasteiger partial charge in [0.15, 0.2) is 5.17 Å². The molecule has 0 saturated heterocycles. The number of carbonyl (C=O) groups excluding carboxylic acids is 2. The molecule has 14 heteroatoms. The Morgan fingerprint density at radius 3 is 2.61 bits per heavy atom. The van der Waals surface area contributed by atoms with Crippen LogP contribution in [0.1, 0.15) is 5.76 Å². The lowest BCUT2D eigenvalue weighted by Crippen LogP contribution is -2.31. The first kappa shape index (κ1) is 26.3. The number of anilines is 2. The van der Waals surface area contributed by atoms with Crippen LogP contribution in [0.3, 0.4) is 0 Å². The van der Waals surface area contributed by atoms with Gasteiger partial charge < -0.3 is 19.2 Å². The molecule has 3 aromatic rings. The highest BCUT2D eigenvalue weighted by Gasteiger charge is 2.33. The van der Waals surface area contributed by atoms with Gasteiger partial charge in [0, 0.05) is 6.08 Å². The second-order valence-corrected chi connectivity index (χ2v) is 8.37. The van der Waals surface area contributed by atoms with Crippen molar-refractivity contribution in [2.24, 2.45) is 4.99 Å². The first-order chi connectivity index (χ1) is 18.2. The number of benzene rings is 2. The number of nitro groups is 1. The summed E-state index contributed by atoms with van der Waals surface area (Å²) >= 11 is 0.897. The van der Waals surface area contributed by atoms with Crippen LogP contribution in [0.15, 0.2) is 76.0 Å². The number of methoxy groups -OCH3 is 1. The number of furan rings is 1. The number of rotatable bonds is 9. The maximum absolute atomic E-state index is 13.2. The van der Waals surface area contributed by atoms with Gasteiger partial charge in [0.1, 0.15) is 28.6 Å². The lowest BCUT2D eigenvalue weighted by atomic mass is 10.2. The van der Waals surface area contributed by atoms with Crippen LogP contribution in [-0.2, 0) is 9.59 Å². The number of hydrogen-bond acceptors (Lipinski definition) is 9. The van der Waals surface area contributed by atoms with Crippen LogP contribution in [-0.4, -0.2) is 41.4 Å². The molecular weight excluding hydrogens is 526 g/mol. The van der Waals surface area contributed by atoms with Crippen molar-refractivity contribution in [3.8, 4) is 11.5 Å². The van der Waals surface area contributed by atoms with Gasteiger partial charge in [0.25, 0.3) is 11.6 Å². The molecule has 196 valence electrons. The van der Waals surface area contributed by atoms with Crippen LogP contribution in [0.5, 0.6) is 11.5 Å². The number of hydrogen-bond donors (Lipinski definition) is 1. The van der Waals surface area contributed by atoms with Gasteiger partial charge in [-0.3, -0.25) is 24.6 Å². The van der Waals surface area contributed by atoms with Gasteiger partial charge in [-0.1, -0.05) is 11.8 Å². The van der Waals surface area contributed by atoms with Crippen molar-refractivity contribution in [1.29, 1.82) is 0 Å². The third kappa shape index (κ3) is 6.15. The van der Waals surface area contributed by atoms with Crippen LogP contribution >= 0.6 is 11.8 Å². The Balaban J connectivity index is 1.55. The average Bonchev–Trinajstić information content (AvgIpc) is 3.51. The molecule has 4 rings (SSSR count). The number of amidine groups is 1. The molecule has 1 aliphatic heterocycles. The van der Waals surface area contributed by atoms with Gasteiger partial charge in [0.2, 0.25) is 5.91 Å². The van der Waals surface area contributed by atoms with E-state index < -0.39 is 23.3 Å². The van der Waals surface area contributed by atoms with Gasteiger partial charge >= 0.3 is 6.61 Å². The molecule has 0 fully saturated rings. The standard InChI is InChI=1S/C24H18F2N4O7S/c1-35-16-8-9-18(20(12-16)30(33)34)27-21(31)13-38-24-28-19(11-17-3-2-10-36-17)22(32)29(24)14-4-6-15(7-5-14)37-23(25)26/h2-12,23H,13H2,1H3,(H,27,31). The average molecular weight is 544 g/mol. The monoisotopic (exact) mass is 544 g/mol. The molecule has 0 atom stereocenters. The highest BCUT2D eigenvalue weighted by molar-refractivity contribution is 8.14. The molecule has 0 bridgehead atoms. The molecule has 0 spiro atoms. The Hall–Kier alpha value is -4.72. The summed E-state index contributed by atoms with van der Waals surface area (Å²) in [6.07, 6.45) is 2.84. The van der Waals surface area contributed by atoms with Crippen LogP contribution in [0.25, 0.3) is 6.08 Å². The molecular formula is C24H18F2N4O7S. The van der Waals surface area contributed by atoms with Gasteiger partial charge in [0.05, 0.1) is 35.8 Å². The molecule has 0 unspecified atom stereocenters. The largest absolute Gasteiger partial charge is 0.496 e. The summed E-state index contributed by atoms with van der Waals surface area (Å²) in [5.74, 6) is -0.881. The fourth-order valence-corrected chi connectivity index (χ4v) is 4.13. The van der Waals surface area contributed by atoms with E-state index in [-0.39, 0.29) is 45.2 Å². The van der Waals surface area contributed by atoms with Crippen molar-refractivity contribution < 1.29 is 37.2 Å². The molecule has 0 saturated carbocycles. The maximum atomic E-state index is 13.2. The summed E-state index contributed by atoms with van der Waals surface area (Å²) in [5, 5.41) is 14.0. The number of aliphatic imine (C=N–C) groups is 1. The fourth-order valence-electron chi connectivity index (χ4n) is 3.32. The SMILES string of the molecule is COc1ccc(NC(=O)CSC2=NC(=Cc3ccco3)C(=O)N2c2ccc(OC(F)F)cc2)c([N+](=O)[O-])c1. The van der Waals surface area contributed by atoms with Crippen molar-refractivity contribution in [3.05, 3.63) is 82.4 Å². The van der Waals surface area contributed by atoms with Crippen molar-refractivity contribution in [2.45, 2.75) is 6.61 Å². The van der Waals surface area contributed by atoms with Gasteiger partial charge in [-0.15, -0.1) is 0 Å². The number of nitro benzene ring substituents is 1. The summed E-state index contributed by atoms with van der Waals surface area (Å²) in [7, 11) is 1.36. The van der Waals surface area contributed by atoms with Crippen molar-refractivity contribution >= 4 is 51.9 Å². The van der Waals surface area contributed by atoms with E-state index in [1.54, 1.807) is 12.1 Å². The minimum absolute atomic E-state index is 0.0153. The van der Waals surface area contributed by atoms with E-state index in [1.165, 1.54) is 66.8 Å². The Bertz CT molecular complexity index is 1410. The number of alkyl halides is 2. The number of nitrogens with zero attached hydrogens (tertiary/aromatic N) is 3. The highest BCUT2D eigenvalue weighted by Crippen LogP contribution is 2.32. The molecule has 2 heterocycles. The molecule has 0 radical (unpaired) electrons. The molecule has 0 aliphatic carbocycles. The Morgan fingerprint density at radius 1 is 1.24 bits per heavy atom. The first-order valence-electron chi connectivity index (χ1n) is 10.7. The molecule has 1 aliphatic rings. The van der Waals surface area contributed by atoms with Gasteiger partial charge in [-0.2, -0.15) is 8.78 Å². The maximum Gasteiger partial charge on any atom is 0.387 e. The number of amides is 2. The second-order valence-electron chi connectivity index (χ2n) is 7.43. The van der Waals surface area contributed by atoms with E-state index in [0.29, 0.717) is 5.76 Å². The first-order valence-corrected chi connectivity index (χ1v) is 11.7. The van der Waals surface area contributed by atoms with Crippen molar-refractivity contribution in [1.82, 2.24) is 0 Å². The van der Waals surface area contributed by atoms with E-state index in [0.717, 1.165) is 11.8 Å². The normalized spacial score (nSPS) is 14.1. The minimum Gasteiger partial charge on any atom is -0.496 e. The molecule has 2 aromatic carbocycles. The predicted molar refractivity (Wildman–Crippen MR) is 135 cm³/mol. The fraction of sp³-hybridized carbons (Fsp3) is 0.125. The summed E-state index contributed by atoms with van der Waals surface area (Å²) in [6, 6.07) is 12.5. The molecule has 11 nitrogen and oxygen atoms in total. The third-order valence-electron chi connectivity index (χ3n) is 4.98. The summed E-state index contributed by atoms with van der Waals surface area (Å²) in [5.41, 5.74) is -0.0818. The van der Waals surface area contributed by atoms with Crippen LogP contribution in [0.2, 0.25) is 0 Å². The molecule has 2 amide bonds. The van der Waals surface area contributed by atoms with E-state index in [2.05, 4.69) is 15.0 Å². The zero-order valence-corrected chi connectivity index (χ0v) is 20.3. The van der Waals surface area contributed by atoms with Gasteiger partial charge in [-0.25, -0.2) is 4.99 Å². The van der Waals surface area contributed by atoms with E-state index in [1.807, 2.05) is 0 Å². The lowest BCUT2D eigenvalue weighted by molar-refractivity contribution is -0.384. The smallest absolute Gasteiger partial charge is 0.387 e. The van der Waals surface area contributed by atoms with E-state index in [9.17, 15) is 28.5 Å². The number of halogens is 2. The van der Waals surface area contributed by atoms with E-state index >= 15 is 0 Å². The summed E-state index contributed by atoms with van der Waals surface area (Å²) in [6.45, 7) is -3.01. The molecule has 38 heavy (non-hydrogen) atoms. The zero-order valence-electron chi connectivity index (χ0n) is 19.5. The van der Waals surface area contributed by atoms with Gasteiger partial charge in [-0.05, 0) is 48.5 Å². The quantitative estimate of drug-likeness (QED) is 0.228. The lowest BCUT2D eigenvalue weighted by Gasteiger charge is -2.18. The minimum atomic E-state index is -3.01. The zero-order chi connectivity index (χ0) is 27.2. The molecule has 1 N–H and O–H groups in total. The number of carbonyl (C=O) groups is 2. The summed E-state index contributed by atoms with van der Waals surface area (Å²) in [4.78, 5) is 42.1. The van der Waals surface area contributed by atoms with Crippen molar-refractivity contribution in [3.63, 3.8) is 0 Å². The molecule has 1 aromatic heterocycles. The second kappa shape index (κ2) is 11.6. The van der Waals surface area contributed by atoms with Crippen molar-refractivity contribution in [2.75, 3.05) is 23.1 Å². The Kier molecular flexibility index (Phi) is 8.01. The topological polar surface area (TPSA) is 137 Å². The number of nitrogens with one attached hydrogen (secondary N) is 1. The predicted octanol–water partition coefficient (Wildman–Crippen LogP) is 4.91. The van der Waals surface area contributed by atoms with Crippen LogP contribution < -0.4 is 19.7 Å². The Labute approximate surface area is 217 Å². The van der Waals surface area contributed by atoms with Crippen LogP contribution in [0.4, 0.5) is 25.8 Å². The van der Waals surface area contributed by atoms with E-state index in [4.69, 9.17) is 9.15 Å². The Morgan fingerprint density at radius 2 is 1.97 bits per heavy atom. The highest BCUT2D eigenvalue weighted by atomic mass is 32.2. The third-order valence-corrected chi connectivity index (χ3v) is 5.92. The number of ether oxygens (including phenoxy) is 2. The van der Waals surface area contributed by atoms with Crippen LogP contribution in [0, 0.1) is 10.1 Å². The number of thioether (sulfide) groups is 1. The summed E-state index contributed by atoms with van der Waals surface area (Å²) < 4.78 is 39.6.